The molecule has 0 bridgehead atoms. The zero-order valence-electron chi connectivity index (χ0n) is 14.6. The Kier molecular flexibility index (Phi) is 4.69. The molecule has 5 nitrogen and oxygen atoms in total. The molecule has 132 valence electrons. The number of anilines is 2. The van der Waals surface area contributed by atoms with E-state index < -0.39 is 0 Å². The summed E-state index contributed by atoms with van der Waals surface area (Å²) in [5.41, 5.74) is 3.09. The van der Waals surface area contributed by atoms with Gasteiger partial charge in [-0.25, -0.2) is 9.78 Å². The van der Waals surface area contributed by atoms with E-state index in [2.05, 4.69) is 33.1 Å². The maximum atomic E-state index is 12.2. The number of carbonyl (C=O) groups is 1. The molecule has 0 aliphatic carbocycles. The highest BCUT2D eigenvalue weighted by Gasteiger charge is 2.10. The molecule has 2 heterocycles. The molecule has 2 amide bonds. The highest BCUT2D eigenvalue weighted by atomic mass is 16.2. The summed E-state index contributed by atoms with van der Waals surface area (Å²) >= 11 is 0. The van der Waals surface area contributed by atoms with Crippen molar-refractivity contribution in [1.29, 1.82) is 0 Å². The zero-order chi connectivity index (χ0) is 17.8. The highest BCUT2D eigenvalue weighted by molar-refractivity contribution is 6.01. The average Bonchev–Trinajstić information content (AvgIpc) is 2.68. The number of hydrogen-bond donors (Lipinski definition) is 3. The van der Waals surface area contributed by atoms with Crippen molar-refractivity contribution in [2.24, 2.45) is 0 Å². The van der Waals surface area contributed by atoms with Crippen LogP contribution in [-0.4, -0.2) is 24.1 Å². The summed E-state index contributed by atoms with van der Waals surface area (Å²) in [5, 5.41) is 11.3. The molecule has 0 atom stereocenters. The first-order valence-electron chi connectivity index (χ1n) is 9.05. The van der Waals surface area contributed by atoms with E-state index in [1.165, 1.54) is 5.56 Å². The minimum absolute atomic E-state index is 0.197. The van der Waals surface area contributed by atoms with Gasteiger partial charge in [-0.05, 0) is 35.9 Å². The fourth-order valence-electron chi connectivity index (χ4n) is 3.31. The predicted molar refractivity (Wildman–Crippen MR) is 106 cm³/mol. The molecular weight excluding hydrogens is 324 g/mol. The second-order valence-electron chi connectivity index (χ2n) is 6.50. The van der Waals surface area contributed by atoms with Gasteiger partial charge in [0.25, 0.3) is 0 Å². The molecule has 5 heteroatoms. The summed E-state index contributed by atoms with van der Waals surface area (Å²) in [6, 6.07) is 17.9. The van der Waals surface area contributed by atoms with Crippen LogP contribution >= 0.6 is 0 Å². The quantitative estimate of drug-likeness (QED) is 0.670. The molecule has 3 aromatic rings. The zero-order valence-corrected chi connectivity index (χ0v) is 14.6. The Bertz CT molecular complexity index is 933. The van der Waals surface area contributed by atoms with E-state index in [1.54, 1.807) is 0 Å². The molecule has 0 saturated carbocycles. The monoisotopic (exact) mass is 346 g/mol. The number of nitrogens with zero attached hydrogens (tertiary/aromatic N) is 1. The molecule has 0 fully saturated rings. The number of hydrogen-bond acceptors (Lipinski definition) is 3. The van der Waals surface area contributed by atoms with Gasteiger partial charge in [-0.15, -0.1) is 0 Å². The van der Waals surface area contributed by atoms with Gasteiger partial charge in [-0.2, -0.15) is 0 Å². The SMILES string of the molecule is O=C(NCCc1ccc2c(n1)NCCC2)Nc1cccc2ccccc12. The van der Waals surface area contributed by atoms with E-state index >= 15 is 0 Å². The first-order chi connectivity index (χ1) is 12.8. The fourth-order valence-corrected chi connectivity index (χ4v) is 3.31. The fraction of sp³-hybridized carbons (Fsp3) is 0.238. The summed E-state index contributed by atoms with van der Waals surface area (Å²) in [6.45, 7) is 1.53. The van der Waals surface area contributed by atoms with Crippen LogP contribution in [0.4, 0.5) is 16.3 Å². The number of carbonyl (C=O) groups excluding carboxylic acids is 1. The van der Waals surface area contributed by atoms with Crippen molar-refractivity contribution in [3.63, 3.8) is 0 Å². The van der Waals surface area contributed by atoms with Crippen LogP contribution in [0.15, 0.2) is 54.6 Å². The first-order valence-corrected chi connectivity index (χ1v) is 9.05. The lowest BCUT2D eigenvalue weighted by Crippen LogP contribution is -2.30. The lowest BCUT2D eigenvalue weighted by Gasteiger charge is -2.17. The number of fused-ring (bicyclic) bond motifs is 2. The lowest BCUT2D eigenvalue weighted by atomic mass is 10.1. The van der Waals surface area contributed by atoms with Gasteiger partial charge in [0.15, 0.2) is 0 Å². The molecule has 4 rings (SSSR count). The number of amides is 2. The average molecular weight is 346 g/mol. The Hall–Kier alpha value is -3.08. The van der Waals surface area contributed by atoms with Gasteiger partial charge in [0.05, 0.1) is 5.69 Å². The lowest BCUT2D eigenvalue weighted by molar-refractivity contribution is 0.252. The van der Waals surface area contributed by atoms with Gasteiger partial charge in [-0.3, -0.25) is 0 Å². The number of rotatable bonds is 4. The second-order valence-corrected chi connectivity index (χ2v) is 6.50. The molecule has 0 spiro atoms. The Morgan fingerprint density at radius 1 is 1.08 bits per heavy atom. The summed E-state index contributed by atoms with van der Waals surface area (Å²) in [6.07, 6.45) is 2.95. The van der Waals surface area contributed by atoms with Crippen LogP contribution in [0, 0.1) is 0 Å². The van der Waals surface area contributed by atoms with Gasteiger partial charge in [-0.1, -0.05) is 42.5 Å². The molecular formula is C21H22N4O. The van der Waals surface area contributed by atoms with Crippen molar-refractivity contribution in [2.75, 3.05) is 23.7 Å². The number of aromatic nitrogens is 1. The molecule has 2 aromatic carbocycles. The molecule has 0 radical (unpaired) electrons. The smallest absolute Gasteiger partial charge is 0.319 e. The van der Waals surface area contributed by atoms with Gasteiger partial charge in [0.1, 0.15) is 5.82 Å². The van der Waals surface area contributed by atoms with Crippen molar-refractivity contribution in [2.45, 2.75) is 19.3 Å². The van der Waals surface area contributed by atoms with Crippen molar-refractivity contribution in [3.05, 3.63) is 65.9 Å². The number of urea groups is 1. The summed E-state index contributed by atoms with van der Waals surface area (Å²) in [5.74, 6) is 0.994. The Labute approximate surface area is 152 Å². The Morgan fingerprint density at radius 3 is 2.92 bits per heavy atom. The number of nitrogens with one attached hydrogen (secondary N) is 3. The summed E-state index contributed by atoms with van der Waals surface area (Å²) < 4.78 is 0. The normalized spacial score (nSPS) is 12.9. The topological polar surface area (TPSA) is 66.0 Å². The van der Waals surface area contributed by atoms with E-state index in [-0.39, 0.29) is 6.03 Å². The van der Waals surface area contributed by atoms with Crippen molar-refractivity contribution >= 4 is 28.3 Å². The third kappa shape index (κ3) is 3.61. The van der Waals surface area contributed by atoms with Gasteiger partial charge in [0, 0.05) is 30.6 Å². The van der Waals surface area contributed by atoms with Gasteiger partial charge < -0.3 is 16.0 Å². The van der Waals surface area contributed by atoms with E-state index in [0.717, 1.165) is 47.4 Å². The van der Waals surface area contributed by atoms with Crippen LogP contribution in [-0.2, 0) is 12.8 Å². The number of aryl methyl sites for hydroxylation is 1. The molecule has 1 aliphatic heterocycles. The third-order valence-corrected chi connectivity index (χ3v) is 4.66. The van der Waals surface area contributed by atoms with E-state index in [1.807, 2.05) is 42.5 Å². The molecule has 0 unspecified atom stereocenters. The highest BCUT2D eigenvalue weighted by Crippen LogP contribution is 2.23. The van der Waals surface area contributed by atoms with Crippen molar-refractivity contribution < 1.29 is 4.79 Å². The molecule has 26 heavy (non-hydrogen) atoms. The molecule has 0 saturated heterocycles. The summed E-state index contributed by atoms with van der Waals surface area (Å²) in [7, 11) is 0. The first kappa shape index (κ1) is 16.4. The third-order valence-electron chi connectivity index (χ3n) is 4.66. The van der Waals surface area contributed by atoms with E-state index in [9.17, 15) is 4.79 Å². The Balaban J connectivity index is 1.34. The van der Waals surface area contributed by atoms with Crippen molar-refractivity contribution in [3.8, 4) is 0 Å². The van der Waals surface area contributed by atoms with Crippen LogP contribution in [0.25, 0.3) is 10.8 Å². The van der Waals surface area contributed by atoms with Crippen LogP contribution in [0.5, 0.6) is 0 Å². The van der Waals surface area contributed by atoms with E-state index in [0.29, 0.717) is 13.0 Å². The molecule has 3 N–H and O–H groups in total. The van der Waals surface area contributed by atoms with Crippen LogP contribution in [0.3, 0.4) is 0 Å². The Morgan fingerprint density at radius 2 is 1.96 bits per heavy atom. The minimum Gasteiger partial charge on any atom is -0.370 e. The van der Waals surface area contributed by atoms with Gasteiger partial charge in [0.2, 0.25) is 0 Å². The molecule has 1 aliphatic rings. The van der Waals surface area contributed by atoms with Crippen LogP contribution < -0.4 is 16.0 Å². The number of benzene rings is 2. The maximum absolute atomic E-state index is 12.2. The van der Waals surface area contributed by atoms with E-state index in [4.69, 9.17) is 0 Å². The second kappa shape index (κ2) is 7.44. The predicted octanol–water partition coefficient (Wildman–Crippen LogP) is 3.96. The van der Waals surface area contributed by atoms with Crippen molar-refractivity contribution in [1.82, 2.24) is 10.3 Å². The van der Waals surface area contributed by atoms with Crippen LogP contribution in [0.1, 0.15) is 17.7 Å². The molecule has 1 aromatic heterocycles. The summed E-state index contributed by atoms with van der Waals surface area (Å²) in [4.78, 5) is 16.9. The number of pyridine rings is 1. The van der Waals surface area contributed by atoms with Gasteiger partial charge >= 0.3 is 6.03 Å². The minimum atomic E-state index is -0.197. The largest absolute Gasteiger partial charge is 0.370 e. The van der Waals surface area contributed by atoms with Crippen LogP contribution in [0.2, 0.25) is 0 Å². The maximum Gasteiger partial charge on any atom is 0.319 e. The standard InChI is InChI=1S/C21H22N4O/c26-21(25-19-9-3-6-15-5-1-2-8-18(15)19)23-14-12-17-11-10-16-7-4-13-22-20(16)24-17/h1-3,5-6,8-11H,4,7,12-14H2,(H,22,24)(H2,23,25,26).